The molecule has 0 atom stereocenters. The molecule has 0 fully saturated rings. The largest absolute Gasteiger partial charge is 0.384 e. The summed E-state index contributed by atoms with van der Waals surface area (Å²) in [5.74, 6) is -0.244. The molecule has 0 unspecified atom stereocenters. The van der Waals surface area contributed by atoms with Gasteiger partial charge in [0.1, 0.15) is 23.9 Å². The number of nitrogens with zero attached hydrogens (tertiary/aromatic N) is 4. The Kier molecular flexibility index (Phi) is 5.61. The Morgan fingerprint density at radius 1 is 1.27 bits per heavy atom. The smallest absolute Gasteiger partial charge is 0.252 e. The van der Waals surface area contributed by atoms with Gasteiger partial charge in [0.2, 0.25) is 0 Å². The number of methoxy groups -OCH3 is 1. The van der Waals surface area contributed by atoms with Crippen molar-refractivity contribution in [2.45, 2.75) is 19.3 Å². The van der Waals surface area contributed by atoms with E-state index in [2.05, 4.69) is 15.3 Å². The van der Waals surface area contributed by atoms with Crippen LogP contribution < -0.4 is 11.1 Å². The molecule has 168 valence electrons. The summed E-state index contributed by atoms with van der Waals surface area (Å²) in [5.41, 5.74) is 10.3. The normalized spacial score (nSPS) is 12.7. The van der Waals surface area contributed by atoms with Crippen molar-refractivity contribution in [3.63, 3.8) is 0 Å². The number of amides is 1. The minimum absolute atomic E-state index is 0.0586. The van der Waals surface area contributed by atoms with Crippen LogP contribution in [-0.4, -0.2) is 39.4 Å². The first-order valence-corrected chi connectivity index (χ1v) is 11.2. The predicted molar refractivity (Wildman–Crippen MR) is 125 cm³/mol. The molecule has 10 heteroatoms. The molecule has 5 rings (SSSR count). The number of ether oxygens (including phenoxy) is 1. The zero-order chi connectivity index (χ0) is 22.9. The van der Waals surface area contributed by atoms with E-state index >= 15 is 0 Å². The highest BCUT2D eigenvalue weighted by molar-refractivity contribution is 7.19. The summed E-state index contributed by atoms with van der Waals surface area (Å²) in [7, 11) is 1.46. The van der Waals surface area contributed by atoms with E-state index in [0.29, 0.717) is 16.6 Å². The van der Waals surface area contributed by atoms with Crippen molar-refractivity contribution in [3.8, 4) is 27.5 Å². The molecule has 1 aromatic carbocycles. The van der Waals surface area contributed by atoms with E-state index < -0.39 is 0 Å². The highest BCUT2D eigenvalue weighted by Gasteiger charge is 2.29. The lowest BCUT2D eigenvalue weighted by molar-refractivity contribution is -0.119. The summed E-state index contributed by atoms with van der Waals surface area (Å²) in [4.78, 5) is 21.8. The van der Waals surface area contributed by atoms with Gasteiger partial charge in [-0.3, -0.25) is 10.1 Å². The molecule has 0 saturated heterocycles. The molecule has 0 spiro atoms. The zero-order valence-corrected chi connectivity index (χ0v) is 18.7. The van der Waals surface area contributed by atoms with Crippen LogP contribution in [0.2, 0.25) is 0 Å². The Bertz CT molecular complexity index is 1330. The quantitative estimate of drug-likeness (QED) is 0.464. The number of aryl methyl sites for hydroxylation is 1. The van der Waals surface area contributed by atoms with Crippen molar-refractivity contribution in [2.75, 3.05) is 24.8 Å². The van der Waals surface area contributed by atoms with Crippen LogP contribution in [0.15, 0.2) is 42.6 Å². The molecule has 3 N–H and O–H groups in total. The molecular weight excluding hydrogens is 443 g/mol. The lowest BCUT2D eigenvalue weighted by Crippen LogP contribution is -2.16. The van der Waals surface area contributed by atoms with Crippen molar-refractivity contribution in [1.82, 2.24) is 19.7 Å². The van der Waals surface area contributed by atoms with Crippen molar-refractivity contribution in [1.29, 1.82) is 0 Å². The summed E-state index contributed by atoms with van der Waals surface area (Å²) < 4.78 is 21.4. The number of hydrogen-bond acceptors (Lipinski definition) is 7. The maximum Gasteiger partial charge on any atom is 0.252 e. The first-order valence-electron chi connectivity index (χ1n) is 10.4. The lowest BCUT2D eigenvalue weighted by atomic mass is 10.0. The van der Waals surface area contributed by atoms with Crippen LogP contribution in [0.3, 0.4) is 0 Å². The van der Waals surface area contributed by atoms with Gasteiger partial charge in [-0.1, -0.05) is 23.5 Å². The number of nitrogens with two attached hydrogens (primary N) is 1. The monoisotopic (exact) mass is 464 g/mol. The van der Waals surface area contributed by atoms with E-state index in [1.54, 1.807) is 35.1 Å². The molecule has 1 aliphatic carbocycles. The standard InChI is InChI=1S/C23H21FN6O2S/c1-32-12-19(31)28-23-27-16-7-4-5-14-20(13-9-10-18(25)26-11-13)29-30(21(14)22(16)33-23)17-8-3-2-6-15(17)24/h2-3,6,8-11H,4-5,7,12H2,1H3,(H2,25,26)(H,27,28,31). The van der Waals surface area contributed by atoms with Gasteiger partial charge < -0.3 is 10.5 Å². The SMILES string of the molecule is COCC(=O)Nc1nc2c(s1)-c1c(c(-c3ccc(N)nc3)nn1-c1ccccc1F)CCC2. The number of carbonyl (C=O) groups is 1. The second-order valence-corrected chi connectivity index (χ2v) is 8.64. The van der Waals surface area contributed by atoms with Gasteiger partial charge in [-0.05, 0) is 43.5 Å². The van der Waals surface area contributed by atoms with Gasteiger partial charge in [-0.15, -0.1) is 0 Å². The van der Waals surface area contributed by atoms with Crippen LogP contribution in [0.4, 0.5) is 15.3 Å². The van der Waals surface area contributed by atoms with Crippen molar-refractivity contribution in [2.24, 2.45) is 0 Å². The van der Waals surface area contributed by atoms with Crippen molar-refractivity contribution in [3.05, 3.63) is 59.7 Å². The number of para-hydroxylation sites is 1. The third-order valence-corrected chi connectivity index (χ3v) is 6.42. The molecule has 0 saturated carbocycles. The first-order chi connectivity index (χ1) is 16.0. The van der Waals surface area contributed by atoms with Crippen molar-refractivity contribution < 1.29 is 13.9 Å². The molecule has 0 radical (unpaired) electrons. The number of nitrogens with one attached hydrogen (secondary N) is 1. The summed E-state index contributed by atoms with van der Waals surface area (Å²) in [6.45, 7) is -0.0586. The minimum atomic E-state index is -0.381. The van der Waals surface area contributed by atoms with Gasteiger partial charge >= 0.3 is 0 Å². The summed E-state index contributed by atoms with van der Waals surface area (Å²) in [6, 6.07) is 10.1. The van der Waals surface area contributed by atoms with Crippen LogP contribution >= 0.6 is 11.3 Å². The first kappa shape index (κ1) is 21.2. The molecule has 8 nitrogen and oxygen atoms in total. The third kappa shape index (κ3) is 3.98. The Balaban J connectivity index is 1.71. The van der Waals surface area contributed by atoms with E-state index in [-0.39, 0.29) is 18.3 Å². The number of rotatable bonds is 5. The number of thiazole rings is 1. The van der Waals surface area contributed by atoms with Crippen molar-refractivity contribution >= 4 is 28.2 Å². The van der Waals surface area contributed by atoms with Crippen LogP contribution in [0.5, 0.6) is 0 Å². The summed E-state index contributed by atoms with van der Waals surface area (Å²) in [5, 5.41) is 8.09. The maximum absolute atomic E-state index is 14.9. The number of aromatic nitrogens is 4. The number of benzene rings is 1. The number of pyridine rings is 1. The Morgan fingerprint density at radius 3 is 2.88 bits per heavy atom. The highest BCUT2D eigenvalue weighted by Crippen LogP contribution is 2.43. The number of nitrogen functional groups attached to an aromatic ring is 1. The highest BCUT2D eigenvalue weighted by atomic mass is 32.1. The van der Waals surface area contributed by atoms with Crippen LogP contribution in [0.1, 0.15) is 17.7 Å². The van der Waals surface area contributed by atoms with Gasteiger partial charge in [-0.25, -0.2) is 19.0 Å². The Morgan fingerprint density at radius 2 is 2.12 bits per heavy atom. The third-order valence-electron chi connectivity index (χ3n) is 5.40. The van der Waals surface area contributed by atoms with Crippen LogP contribution in [-0.2, 0) is 22.4 Å². The second kappa shape index (κ2) is 8.72. The van der Waals surface area contributed by atoms with Gasteiger partial charge in [-0.2, -0.15) is 5.10 Å². The number of hydrogen-bond donors (Lipinski definition) is 2. The van der Waals surface area contributed by atoms with Crippen LogP contribution in [0, 0.1) is 5.82 Å². The molecule has 4 aromatic rings. The number of halogens is 1. The molecule has 0 bridgehead atoms. The fraction of sp³-hybridized carbons (Fsp3) is 0.217. The average molecular weight is 465 g/mol. The minimum Gasteiger partial charge on any atom is -0.384 e. The van der Waals surface area contributed by atoms with Crippen LogP contribution in [0.25, 0.3) is 27.5 Å². The molecule has 33 heavy (non-hydrogen) atoms. The number of anilines is 2. The van der Waals surface area contributed by atoms with Gasteiger partial charge in [0.25, 0.3) is 5.91 Å². The lowest BCUT2D eigenvalue weighted by Gasteiger charge is -2.08. The van der Waals surface area contributed by atoms with Gasteiger partial charge in [0.15, 0.2) is 5.13 Å². The Labute approximate surface area is 193 Å². The van der Waals surface area contributed by atoms with E-state index in [4.69, 9.17) is 15.6 Å². The molecule has 1 aliphatic rings. The van der Waals surface area contributed by atoms with E-state index in [1.807, 2.05) is 6.07 Å². The number of fused-ring (bicyclic) bond motifs is 3. The van der Waals surface area contributed by atoms with Gasteiger partial charge in [0.05, 0.1) is 22.0 Å². The van der Waals surface area contributed by atoms with E-state index in [1.165, 1.54) is 24.5 Å². The van der Waals surface area contributed by atoms with Gasteiger partial charge in [0, 0.05) is 24.4 Å². The second-order valence-electron chi connectivity index (χ2n) is 7.64. The zero-order valence-electron chi connectivity index (χ0n) is 17.8. The van der Waals surface area contributed by atoms with E-state index in [9.17, 15) is 9.18 Å². The number of carbonyl (C=O) groups excluding carboxylic acids is 1. The molecule has 1 amide bonds. The van der Waals surface area contributed by atoms with E-state index in [0.717, 1.165) is 52.3 Å². The predicted octanol–water partition coefficient (Wildman–Crippen LogP) is 3.85. The fourth-order valence-electron chi connectivity index (χ4n) is 3.97. The fourth-order valence-corrected chi connectivity index (χ4v) is 5.06. The Hall–Kier alpha value is -3.63. The molecule has 0 aliphatic heterocycles. The molecule has 3 aromatic heterocycles. The molecule has 3 heterocycles. The average Bonchev–Trinajstić information content (AvgIpc) is 3.31. The maximum atomic E-state index is 14.9. The summed E-state index contributed by atoms with van der Waals surface area (Å²) in [6.07, 6.45) is 4.00. The summed E-state index contributed by atoms with van der Waals surface area (Å²) >= 11 is 1.35. The topological polar surface area (TPSA) is 108 Å². The molecular formula is C23H21FN6O2S.